The molecule has 0 saturated carbocycles. The van der Waals surface area contributed by atoms with Crippen molar-refractivity contribution in [3.8, 4) is 0 Å². The summed E-state index contributed by atoms with van der Waals surface area (Å²) in [6.45, 7) is 0. The van der Waals surface area contributed by atoms with Gasteiger partial charge in [0.2, 0.25) is 5.82 Å². The van der Waals surface area contributed by atoms with Crippen LogP contribution in [0.5, 0.6) is 0 Å². The molecule has 0 aromatic carbocycles. The van der Waals surface area contributed by atoms with E-state index in [1.807, 2.05) is 0 Å². The number of hydrogen-bond acceptors (Lipinski definition) is 3. The van der Waals surface area contributed by atoms with Crippen LogP contribution in [0.1, 0.15) is 21.1 Å². The van der Waals surface area contributed by atoms with E-state index in [0.717, 1.165) is 0 Å². The highest BCUT2D eigenvalue weighted by Gasteiger charge is 2.14. The van der Waals surface area contributed by atoms with Crippen LogP contribution in [0.2, 0.25) is 0 Å². The third-order valence-electron chi connectivity index (χ3n) is 1.88. The Morgan fingerprint density at radius 3 is 2.93 bits per heavy atom. The van der Waals surface area contributed by atoms with Crippen molar-refractivity contribution in [1.29, 1.82) is 0 Å². The van der Waals surface area contributed by atoms with Crippen LogP contribution in [0.15, 0.2) is 24.4 Å². The highest BCUT2D eigenvalue weighted by atomic mass is 16.4. The van der Waals surface area contributed by atoms with Crippen LogP contribution in [0.25, 0.3) is 5.52 Å². The molecule has 0 atom stereocenters. The fourth-order valence-corrected chi connectivity index (χ4v) is 1.30. The summed E-state index contributed by atoms with van der Waals surface area (Å²) in [5.41, 5.74) is 0.642. The fraction of sp³-hybridized carbons (Fsp3) is 0. The van der Waals surface area contributed by atoms with Crippen molar-refractivity contribution in [1.82, 2.24) is 9.38 Å². The number of hydrogen-bond donors (Lipinski definition) is 1. The van der Waals surface area contributed by atoms with Crippen LogP contribution in [0.4, 0.5) is 0 Å². The molecule has 0 bridgehead atoms. The van der Waals surface area contributed by atoms with E-state index in [1.54, 1.807) is 24.4 Å². The zero-order chi connectivity index (χ0) is 10.1. The van der Waals surface area contributed by atoms with Gasteiger partial charge in [-0.25, -0.2) is 9.78 Å². The number of aldehydes is 1. The first-order valence-corrected chi connectivity index (χ1v) is 3.89. The Morgan fingerprint density at radius 2 is 2.29 bits per heavy atom. The second kappa shape index (κ2) is 2.95. The Bertz CT molecular complexity index is 516. The number of aromatic carboxylic acids is 1. The Kier molecular flexibility index (Phi) is 1.78. The van der Waals surface area contributed by atoms with Gasteiger partial charge < -0.3 is 5.11 Å². The van der Waals surface area contributed by atoms with Gasteiger partial charge in [-0.3, -0.25) is 9.20 Å². The molecule has 0 aliphatic carbocycles. The first-order chi connectivity index (χ1) is 6.74. The van der Waals surface area contributed by atoms with Crippen molar-refractivity contribution in [3.05, 3.63) is 35.9 Å². The maximum absolute atomic E-state index is 10.7. The predicted molar refractivity (Wildman–Crippen MR) is 47.5 cm³/mol. The van der Waals surface area contributed by atoms with Crippen LogP contribution in [0, 0.1) is 0 Å². The number of carboxylic acid groups (broad SMARTS) is 1. The third kappa shape index (κ3) is 1.06. The Morgan fingerprint density at radius 1 is 1.50 bits per heavy atom. The molecule has 2 heterocycles. The highest BCUT2D eigenvalue weighted by Crippen LogP contribution is 2.10. The molecular formula is C9H6N2O3. The predicted octanol–water partition coefficient (Wildman–Crippen LogP) is 0.845. The molecule has 0 spiro atoms. The number of nitrogens with zero attached hydrogens (tertiary/aromatic N) is 2. The monoisotopic (exact) mass is 190 g/mol. The Hall–Kier alpha value is -2.17. The number of imidazole rings is 1. The number of carbonyl (C=O) groups is 2. The third-order valence-corrected chi connectivity index (χ3v) is 1.88. The van der Waals surface area contributed by atoms with Crippen LogP contribution in [0.3, 0.4) is 0 Å². The molecule has 0 fully saturated rings. The molecule has 70 valence electrons. The molecule has 5 heteroatoms. The van der Waals surface area contributed by atoms with E-state index in [4.69, 9.17) is 5.11 Å². The van der Waals surface area contributed by atoms with Crippen molar-refractivity contribution in [2.24, 2.45) is 0 Å². The number of fused-ring (bicyclic) bond motifs is 1. The molecule has 5 nitrogen and oxygen atoms in total. The first kappa shape index (κ1) is 8.43. The van der Waals surface area contributed by atoms with Crippen molar-refractivity contribution in [3.63, 3.8) is 0 Å². The highest BCUT2D eigenvalue weighted by molar-refractivity contribution is 5.91. The molecule has 0 amide bonds. The number of rotatable bonds is 2. The van der Waals surface area contributed by atoms with E-state index < -0.39 is 5.97 Å². The molecule has 2 rings (SSSR count). The molecule has 0 radical (unpaired) electrons. The summed E-state index contributed by atoms with van der Waals surface area (Å²) in [5, 5.41) is 8.79. The smallest absolute Gasteiger partial charge is 0.372 e. The largest absolute Gasteiger partial charge is 0.475 e. The standard InChI is InChI=1S/C9H6N2O3/c12-5-6-7-3-1-2-4-11(7)8(10-6)9(13)14/h1-5H,(H,13,14). The Balaban J connectivity index is 2.86. The number of carboxylic acids is 1. The summed E-state index contributed by atoms with van der Waals surface area (Å²) in [4.78, 5) is 25.0. The van der Waals surface area contributed by atoms with Gasteiger partial charge in [0.25, 0.3) is 0 Å². The van der Waals surface area contributed by atoms with Gasteiger partial charge in [0.1, 0.15) is 5.69 Å². The van der Waals surface area contributed by atoms with E-state index >= 15 is 0 Å². The molecule has 2 aromatic rings. The SMILES string of the molecule is O=Cc1nc(C(=O)O)n2ccccc12. The minimum atomic E-state index is -1.15. The lowest BCUT2D eigenvalue weighted by atomic mass is 10.3. The van der Waals surface area contributed by atoms with Gasteiger partial charge in [0.15, 0.2) is 6.29 Å². The fourth-order valence-electron chi connectivity index (χ4n) is 1.30. The summed E-state index contributed by atoms with van der Waals surface area (Å²) in [6, 6.07) is 5.04. The van der Waals surface area contributed by atoms with Gasteiger partial charge >= 0.3 is 5.97 Å². The second-order valence-electron chi connectivity index (χ2n) is 2.70. The molecule has 2 aromatic heterocycles. The summed E-state index contributed by atoms with van der Waals surface area (Å²) in [7, 11) is 0. The van der Waals surface area contributed by atoms with Crippen LogP contribution in [-0.4, -0.2) is 26.7 Å². The van der Waals surface area contributed by atoms with E-state index in [1.165, 1.54) is 4.40 Å². The summed E-state index contributed by atoms with van der Waals surface area (Å²) in [5.74, 6) is -1.30. The molecule has 0 saturated heterocycles. The molecule has 0 unspecified atom stereocenters. The molecule has 14 heavy (non-hydrogen) atoms. The van der Waals surface area contributed by atoms with Gasteiger partial charge in [-0.15, -0.1) is 0 Å². The lowest BCUT2D eigenvalue weighted by Gasteiger charge is -1.93. The van der Waals surface area contributed by atoms with E-state index in [-0.39, 0.29) is 11.5 Å². The lowest BCUT2D eigenvalue weighted by molar-refractivity contribution is 0.0683. The average Bonchev–Trinajstić information content (AvgIpc) is 2.56. The maximum atomic E-state index is 10.7. The van der Waals surface area contributed by atoms with Crippen LogP contribution in [-0.2, 0) is 0 Å². The maximum Gasteiger partial charge on any atom is 0.372 e. The molecule has 1 N–H and O–H groups in total. The van der Waals surface area contributed by atoms with Crippen molar-refractivity contribution in [2.75, 3.05) is 0 Å². The first-order valence-electron chi connectivity index (χ1n) is 3.89. The number of pyridine rings is 1. The normalized spacial score (nSPS) is 10.3. The topological polar surface area (TPSA) is 71.7 Å². The Labute approximate surface area is 78.6 Å². The summed E-state index contributed by atoms with van der Waals surface area (Å²) >= 11 is 0. The van der Waals surface area contributed by atoms with Gasteiger partial charge in [-0.1, -0.05) is 6.07 Å². The van der Waals surface area contributed by atoms with Gasteiger partial charge in [-0.05, 0) is 12.1 Å². The summed E-state index contributed by atoms with van der Waals surface area (Å²) < 4.78 is 1.37. The zero-order valence-electron chi connectivity index (χ0n) is 7.04. The minimum Gasteiger partial charge on any atom is -0.475 e. The van der Waals surface area contributed by atoms with E-state index in [2.05, 4.69) is 4.98 Å². The summed E-state index contributed by atoms with van der Waals surface area (Å²) in [6.07, 6.45) is 2.10. The van der Waals surface area contributed by atoms with Crippen LogP contribution < -0.4 is 0 Å². The molecule has 0 aliphatic heterocycles. The van der Waals surface area contributed by atoms with Crippen molar-refractivity contribution < 1.29 is 14.7 Å². The number of carbonyl (C=O) groups excluding carboxylic acids is 1. The van der Waals surface area contributed by atoms with Crippen molar-refractivity contribution >= 4 is 17.8 Å². The van der Waals surface area contributed by atoms with E-state index in [0.29, 0.717) is 11.8 Å². The quantitative estimate of drug-likeness (QED) is 0.712. The van der Waals surface area contributed by atoms with Gasteiger partial charge in [0, 0.05) is 6.20 Å². The van der Waals surface area contributed by atoms with E-state index in [9.17, 15) is 9.59 Å². The second-order valence-corrected chi connectivity index (χ2v) is 2.70. The zero-order valence-corrected chi connectivity index (χ0v) is 7.04. The van der Waals surface area contributed by atoms with Gasteiger partial charge in [-0.2, -0.15) is 0 Å². The van der Waals surface area contributed by atoms with Gasteiger partial charge in [0.05, 0.1) is 5.52 Å². The lowest BCUT2D eigenvalue weighted by Crippen LogP contribution is -2.02. The van der Waals surface area contributed by atoms with Crippen LogP contribution >= 0.6 is 0 Å². The van der Waals surface area contributed by atoms with Crippen molar-refractivity contribution in [2.45, 2.75) is 0 Å². The minimum absolute atomic E-state index is 0.142. The number of aromatic nitrogens is 2. The molecule has 0 aliphatic rings. The molecular weight excluding hydrogens is 184 g/mol. The average molecular weight is 190 g/mol.